The lowest BCUT2D eigenvalue weighted by Crippen LogP contribution is -2.43. The van der Waals surface area contributed by atoms with E-state index in [9.17, 15) is 19.1 Å². The molecule has 1 aromatic heterocycles. The van der Waals surface area contributed by atoms with Crippen LogP contribution in [0.15, 0.2) is 59.4 Å². The molecule has 1 aliphatic rings. The largest absolute Gasteiger partial charge is 0.502 e. The maximum atomic E-state index is 13.0. The normalized spacial score (nSPS) is 15.6. The molecule has 1 unspecified atom stereocenters. The van der Waals surface area contributed by atoms with Gasteiger partial charge < -0.3 is 15.2 Å². The van der Waals surface area contributed by atoms with Gasteiger partial charge in [-0.2, -0.15) is 0 Å². The third-order valence-electron chi connectivity index (χ3n) is 5.87. The van der Waals surface area contributed by atoms with Gasteiger partial charge in [0.05, 0.1) is 31.4 Å². The number of nitrogens with one attached hydrogen (secondary N) is 1. The van der Waals surface area contributed by atoms with Crippen molar-refractivity contribution in [2.75, 3.05) is 20.2 Å². The minimum atomic E-state index is -0.563. The van der Waals surface area contributed by atoms with Crippen molar-refractivity contribution in [1.82, 2.24) is 19.8 Å². The number of benzene rings is 2. The molecule has 0 saturated carbocycles. The summed E-state index contributed by atoms with van der Waals surface area (Å²) >= 11 is 0. The minimum absolute atomic E-state index is 0.0243. The third-order valence-corrected chi connectivity index (χ3v) is 5.87. The lowest BCUT2D eigenvalue weighted by molar-refractivity contribution is -0.120. The van der Waals surface area contributed by atoms with E-state index in [1.807, 2.05) is 42.3 Å². The first-order valence-corrected chi connectivity index (χ1v) is 11.1. The molecule has 34 heavy (non-hydrogen) atoms. The number of aromatic nitrogens is 2. The number of rotatable bonds is 8. The van der Waals surface area contributed by atoms with Crippen molar-refractivity contribution in [2.45, 2.75) is 32.2 Å². The molecule has 2 heterocycles. The summed E-state index contributed by atoms with van der Waals surface area (Å²) in [5.41, 5.74) is 1.23. The number of amides is 1. The molecule has 0 aliphatic carbocycles. The number of ether oxygens (including phenoxy) is 1. The van der Waals surface area contributed by atoms with Crippen LogP contribution in [0.3, 0.4) is 0 Å². The predicted octanol–water partition coefficient (Wildman–Crippen LogP) is 2.15. The molecule has 0 spiro atoms. The Balaban J connectivity index is 1.47. The highest BCUT2D eigenvalue weighted by molar-refractivity contribution is 5.78. The number of nitrogens with zero attached hydrogens (tertiary/aromatic N) is 3. The van der Waals surface area contributed by atoms with Crippen LogP contribution in [0.4, 0.5) is 4.39 Å². The van der Waals surface area contributed by atoms with E-state index >= 15 is 0 Å². The molecule has 0 radical (unpaired) electrons. The van der Waals surface area contributed by atoms with Crippen LogP contribution in [0.5, 0.6) is 5.75 Å². The summed E-state index contributed by atoms with van der Waals surface area (Å²) in [5, 5.41) is 13.1. The molecule has 9 heteroatoms. The minimum Gasteiger partial charge on any atom is -0.502 e. The number of hydrogen-bond donors (Lipinski definition) is 2. The molecule has 3 aromatic rings. The SMILES string of the molecule is CN1CCn2c(nc(CC(=O)NCc3ccc(F)cc3)c(O)c2=O)C1COCc1ccccc1. The fourth-order valence-corrected chi connectivity index (χ4v) is 3.89. The van der Waals surface area contributed by atoms with Crippen LogP contribution in [-0.2, 0) is 35.6 Å². The van der Waals surface area contributed by atoms with Crippen molar-refractivity contribution in [2.24, 2.45) is 0 Å². The van der Waals surface area contributed by atoms with Gasteiger partial charge in [0.15, 0.2) is 0 Å². The summed E-state index contributed by atoms with van der Waals surface area (Å²) in [6.07, 6.45) is -0.253. The van der Waals surface area contributed by atoms with E-state index < -0.39 is 17.2 Å². The Morgan fingerprint density at radius 1 is 1.15 bits per heavy atom. The van der Waals surface area contributed by atoms with E-state index in [1.165, 1.54) is 16.7 Å². The average molecular weight is 467 g/mol. The second kappa shape index (κ2) is 10.6. The molecule has 0 saturated heterocycles. The van der Waals surface area contributed by atoms with E-state index in [0.29, 0.717) is 32.1 Å². The molecule has 1 amide bonds. The number of halogens is 1. The number of carbonyl (C=O) groups excluding carboxylic acids is 1. The summed E-state index contributed by atoms with van der Waals surface area (Å²) in [6, 6.07) is 15.3. The quantitative estimate of drug-likeness (QED) is 0.528. The van der Waals surface area contributed by atoms with Crippen molar-refractivity contribution < 1.29 is 19.0 Å². The van der Waals surface area contributed by atoms with E-state index in [4.69, 9.17) is 4.74 Å². The van der Waals surface area contributed by atoms with Crippen molar-refractivity contribution in [3.63, 3.8) is 0 Å². The monoisotopic (exact) mass is 466 g/mol. The zero-order valence-corrected chi connectivity index (χ0v) is 18.9. The Hall–Kier alpha value is -3.56. The van der Waals surface area contributed by atoms with E-state index in [2.05, 4.69) is 10.3 Å². The molecule has 1 aliphatic heterocycles. The number of fused-ring (bicyclic) bond motifs is 1. The van der Waals surface area contributed by atoms with Gasteiger partial charge in [-0.15, -0.1) is 0 Å². The zero-order valence-electron chi connectivity index (χ0n) is 18.9. The predicted molar refractivity (Wildman–Crippen MR) is 124 cm³/mol. The number of aromatic hydroxyl groups is 1. The second-order valence-electron chi connectivity index (χ2n) is 8.30. The van der Waals surface area contributed by atoms with Crippen LogP contribution in [0.2, 0.25) is 0 Å². The number of likely N-dealkylation sites (N-methyl/N-ethyl adjacent to an activating group) is 1. The smallest absolute Gasteiger partial charge is 0.296 e. The van der Waals surface area contributed by atoms with Crippen LogP contribution in [0.25, 0.3) is 0 Å². The van der Waals surface area contributed by atoms with Crippen molar-refractivity contribution >= 4 is 5.91 Å². The first kappa shape index (κ1) is 23.6. The molecule has 2 N–H and O–H groups in total. The molecule has 2 aromatic carbocycles. The Kier molecular flexibility index (Phi) is 7.34. The lowest BCUT2D eigenvalue weighted by Gasteiger charge is -2.34. The molecule has 0 fully saturated rings. The first-order chi connectivity index (χ1) is 16.4. The number of hydrogen-bond acceptors (Lipinski definition) is 6. The maximum Gasteiger partial charge on any atom is 0.296 e. The van der Waals surface area contributed by atoms with Crippen LogP contribution in [-0.4, -0.2) is 45.7 Å². The fraction of sp³-hybridized carbons (Fsp3) is 0.320. The summed E-state index contributed by atoms with van der Waals surface area (Å²) < 4.78 is 20.4. The Labute approximate surface area is 196 Å². The van der Waals surface area contributed by atoms with Crippen LogP contribution < -0.4 is 10.9 Å². The van der Waals surface area contributed by atoms with Crippen LogP contribution in [0.1, 0.15) is 28.7 Å². The Morgan fingerprint density at radius 2 is 1.88 bits per heavy atom. The molecule has 4 rings (SSSR count). The summed E-state index contributed by atoms with van der Waals surface area (Å²) in [6.45, 7) is 1.91. The fourth-order valence-electron chi connectivity index (χ4n) is 3.89. The lowest BCUT2D eigenvalue weighted by atomic mass is 10.1. The summed E-state index contributed by atoms with van der Waals surface area (Å²) in [7, 11) is 1.92. The Morgan fingerprint density at radius 3 is 2.62 bits per heavy atom. The van der Waals surface area contributed by atoms with Gasteiger partial charge in [-0.3, -0.25) is 19.1 Å². The van der Waals surface area contributed by atoms with Gasteiger partial charge in [0.2, 0.25) is 11.7 Å². The van der Waals surface area contributed by atoms with Gasteiger partial charge in [0.1, 0.15) is 11.6 Å². The average Bonchev–Trinajstić information content (AvgIpc) is 2.84. The van der Waals surface area contributed by atoms with Gasteiger partial charge >= 0.3 is 0 Å². The topological polar surface area (TPSA) is 96.7 Å². The van der Waals surface area contributed by atoms with E-state index in [0.717, 1.165) is 11.1 Å². The highest BCUT2D eigenvalue weighted by atomic mass is 19.1. The molecule has 178 valence electrons. The van der Waals surface area contributed by atoms with E-state index in [1.54, 1.807) is 12.1 Å². The van der Waals surface area contributed by atoms with Crippen molar-refractivity contribution in [3.05, 3.63) is 93.4 Å². The third kappa shape index (κ3) is 5.49. The van der Waals surface area contributed by atoms with Crippen LogP contribution >= 0.6 is 0 Å². The molecular weight excluding hydrogens is 439 g/mol. The Bertz CT molecular complexity index is 1200. The molecular formula is C25H27FN4O4. The standard InChI is InChI=1S/C25H27FN4O4/c1-29-11-12-30-24(21(29)16-34-15-18-5-3-2-4-6-18)28-20(23(32)25(30)33)13-22(31)27-14-17-7-9-19(26)10-8-17/h2-10,21,32H,11-16H2,1H3,(H,27,31). The number of carbonyl (C=O) groups is 1. The molecule has 8 nitrogen and oxygen atoms in total. The van der Waals surface area contributed by atoms with Gasteiger partial charge in [0, 0.05) is 19.6 Å². The van der Waals surface area contributed by atoms with Gasteiger partial charge in [0.25, 0.3) is 5.56 Å². The first-order valence-electron chi connectivity index (χ1n) is 11.1. The highest BCUT2D eigenvalue weighted by Gasteiger charge is 2.30. The van der Waals surface area contributed by atoms with Crippen molar-refractivity contribution in [3.8, 4) is 5.75 Å². The molecule has 0 bridgehead atoms. The van der Waals surface area contributed by atoms with Crippen LogP contribution in [0, 0.1) is 5.82 Å². The maximum absolute atomic E-state index is 13.0. The van der Waals surface area contributed by atoms with Crippen molar-refractivity contribution in [1.29, 1.82) is 0 Å². The second-order valence-corrected chi connectivity index (χ2v) is 8.30. The van der Waals surface area contributed by atoms with Gasteiger partial charge in [-0.25, -0.2) is 9.37 Å². The zero-order chi connectivity index (χ0) is 24.1. The van der Waals surface area contributed by atoms with Gasteiger partial charge in [-0.05, 0) is 30.3 Å². The summed E-state index contributed by atoms with van der Waals surface area (Å²) in [4.78, 5) is 31.9. The molecule has 1 atom stereocenters. The summed E-state index contributed by atoms with van der Waals surface area (Å²) in [5.74, 6) is -0.816. The van der Waals surface area contributed by atoms with Gasteiger partial charge in [-0.1, -0.05) is 42.5 Å². The van der Waals surface area contributed by atoms with E-state index in [-0.39, 0.29) is 30.5 Å². The highest BCUT2D eigenvalue weighted by Crippen LogP contribution is 2.24.